The van der Waals surface area contributed by atoms with Crippen LogP contribution in [0.3, 0.4) is 0 Å². The van der Waals surface area contributed by atoms with E-state index in [1.165, 1.54) is 29.5 Å². The molecule has 2 atom stereocenters. The maximum absolute atomic E-state index is 6.17. The molecule has 1 nitrogen and oxygen atoms in total. The molecular formula is C19H22O. The van der Waals surface area contributed by atoms with Crippen molar-refractivity contribution in [3.8, 4) is 0 Å². The van der Waals surface area contributed by atoms with Crippen molar-refractivity contribution in [3.05, 3.63) is 71.3 Å². The van der Waals surface area contributed by atoms with Crippen molar-refractivity contribution in [1.82, 2.24) is 0 Å². The molecule has 0 spiro atoms. The van der Waals surface area contributed by atoms with Crippen molar-refractivity contribution >= 4 is 0 Å². The largest absolute Gasteiger partial charge is 0.373 e. The summed E-state index contributed by atoms with van der Waals surface area (Å²) >= 11 is 0. The fourth-order valence-corrected chi connectivity index (χ4v) is 3.17. The van der Waals surface area contributed by atoms with E-state index in [4.69, 9.17) is 4.74 Å². The van der Waals surface area contributed by atoms with Gasteiger partial charge in [-0.1, -0.05) is 74.4 Å². The van der Waals surface area contributed by atoms with Crippen LogP contribution in [0.1, 0.15) is 48.8 Å². The van der Waals surface area contributed by atoms with Crippen LogP contribution in [0, 0.1) is 0 Å². The first kappa shape index (κ1) is 13.4. The van der Waals surface area contributed by atoms with Crippen LogP contribution in [0.4, 0.5) is 0 Å². The first-order chi connectivity index (χ1) is 9.90. The number of hydrogen-bond acceptors (Lipinski definition) is 1. The van der Waals surface area contributed by atoms with E-state index in [0.717, 1.165) is 13.0 Å². The van der Waals surface area contributed by atoms with E-state index in [1.54, 1.807) is 0 Å². The van der Waals surface area contributed by atoms with Crippen molar-refractivity contribution in [1.29, 1.82) is 0 Å². The molecule has 104 valence electrons. The molecule has 3 rings (SSSR count). The fraction of sp³-hybridized carbons (Fsp3) is 0.368. The van der Waals surface area contributed by atoms with Crippen molar-refractivity contribution < 1.29 is 4.74 Å². The van der Waals surface area contributed by atoms with E-state index in [1.807, 2.05) is 0 Å². The van der Waals surface area contributed by atoms with Gasteiger partial charge in [-0.05, 0) is 23.1 Å². The Morgan fingerprint density at radius 1 is 1.00 bits per heavy atom. The molecule has 0 fully saturated rings. The smallest absolute Gasteiger partial charge is 0.0724 e. The Balaban J connectivity index is 1.98. The molecule has 0 amide bonds. The Hall–Kier alpha value is -1.60. The Morgan fingerprint density at radius 2 is 1.75 bits per heavy atom. The standard InChI is InChI=1S/C19H22O/c1-2-3-13-18-19(15-9-5-4-6-10-15)17-12-8-7-11-16(17)14-20-18/h4-12,18-19H,2-3,13-14H2,1H3/t18-,19-/m1/s1. The van der Waals surface area contributed by atoms with Gasteiger partial charge in [-0.15, -0.1) is 0 Å². The molecule has 1 heterocycles. The molecule has 0 N–H and O–H groups in total. The van der Waals surface area contributed by atoms with E-state index >= 15 is 0 Å². The maximum atomic E-state index is 6.17. The Bertz CT molecular complexity index is 547. The summed E-state index contributed by atoms with van der Waals surface area (Å²) in [7, 11) is 0. The van der Waals surface area contributed by atoms with Crippen LogP contribution >= 0.6 is 0 Å². The number of benzene rings is 2. The summed E-state index contributed by atoms with van der Waals surface area (Å²) in [6.45, 7) is 3.00. The third-order valence-corrected chi connectivity index (χ3v) is 4.22. The summed E-state index contributed by atoms with van der Waals surface area (Å²) in [6.07, 6.45) is 3.91. The van der Waals surface area contributed by atoms with E-state index in [-0.39, 0.29) is 0 Å². The average Bonchev–Trinajstić information content (AvgIpc) is 2.53. The molecule has 0 bridgehead atoms. The number of ether oxygens (including phenoxy) is 1. The summed E-state index contributed by atoms with van der Waals surface area (Å²) in [5.74, 6) is 0.382. The Morgan fingerprint density at radius 3 is 2.55 bits per heavy atom. The van der Waals surface area contributed by atoms with Gasteiger partial charge in [0.15, 0.2) is 0 Å². The predicted octanol–water partition coefficient (Wildman–Crippen LogP) is 4.91. The van der Waals surface area contributed by atoms with Crippen LogP contribution in [0.25, 0.3) is 0 Å². The van der Waals surface area contributed by atoms with Crippen molar-refractivity contribution in [2.45, 2.75) is 44.8 Å². The SMILES string of the molecule is CCCC[C@H]1OCc2ccccc2[C@H]1c1ccccc1. The molecule has 0 unspecified atom stereocenters. The van der Waals surface area contributed by atoms with Crippen LogP contribution in [0.15, 0.2) is 54.6 Å². The van der Waals surface area contributed by atoms with Gasteiger partial charge in [0.2, 0.25) is 0 Å². The molecule has 1 aliphatic rings. The first-order valence-corrected chi connectivity index (χ1v) is 7.64. The summed E-state index contributed by atoms with van der Waals surface area (Å²) in [6, 6.07) is 19.5. The Kier molecular flexibility index (Phi) is 4.17. The molecule has 2 aromatic rings. The fourth-order valence-electron chi connectivity index (χ4n) is 3.17. The molecule has 0 saturated carbocycles. The van der Waals surface area contributed by atoms with Crippen LogP contribution in [0.2, 0.25) is 0 Å². The van der Waals surface area contributed by atoms with Gasteiger partial charge >= 0.3 is 0 Å². The molecule has 1 heteroatoms. The second-order valence-corrected chi connectivity index (χ2v) is 5.58. The van der Waals surface area contributed by atoms with Gasteiger partial charge < -0.3 is 4.74 Å². The summed E-state index contributed by atoms with van der Waals surface area (Å²) in [4.78, 5) is 0. The number of fused-ring (bicyclic) bond motifs is 1. The number of rotatable bonds is 4. The minimum atomic E-state index is 0.312. The lowest BCUT2D eigenvalue weighted by molar-refractivity contribution is 0.00987. The molecule has 0 aliphatic carbocycles. The molecule has 1 aliphatic heterocycles. The predicted molar refractivity (Wildman–Crippen MR) is 82.8 cm³/mol. The van der Waals surface area contributed by atoms with E-state index in [0.29, 0.717) is 12.0 Å². The van der Waals surface area contributed by atoms with Crippen LogP contribution < -0.4 is 0 Å². The highest BCUT2D eigenvalue weighted by atomic mass is 16.5. The molecule has 0 aromatic heterocycles. The molecular weight excluding hydrogens is 244 g/mol. The highest BCUT2D eigenvalue weighted by molar-refractivity contribution is 5.40. The maximum Gasteiger partial charge on any atom is 0.0724 e. The van der Waals surface area contributed by atoms with Crippen molar-refractivity contribution in [2.75, 3.05) is 0 Å². The van der Waals surface area contributed by atoms with Gasteiger partial charge in [0.25, 0.3) is 0 Å². The second-order valence-electron chi connectivity index (χ2n) is 5.58. The van der Waals surface area contributed by atoms with E-state index in [9.17, 15) is 0 Å². The summed E-state index contributed by atoms with van der Waals surface area (Å²) in [5, 5.41) is 0. The quantitative estimate of drug-likeness (QED) is 0.764. The summed E-state index contributed by atoms with van der Waals surface area (Å²) in [5.41, 5.74) is 4.17. The highest BCUT2D eigenvalue weighted by Crippen LogP contribution is 2.38. The molecule has 0 radical (unpaired) electrons. The van der Waals surface area contributed by atoms with Crippen LogP contribution in [-0.4, -0.2) is 6.10 Å². The average molecular weight is 266 g/mol. The highest BCUT2D eigenvalue weighted by Gasteiger charge is 2.30. The normalized spacial score (nSPS) is 21.4. The van der Waals surface area contributed by atoms with Gasteiger partial charge in [0.1, 0.15) is 0 Å². The third-order valence-electron chi connectivity index (χ3n) is 4.22. The Labute approximate surface area is 121 Å². The van der Waals surface area contributed by atoms with Gasteiger partial charge in [0.05, 0.1) is 12.7 Å². The lowest BCUT2D eigenvalue weighted by Gasteiger charge is -2.34. The summed E-state index contributed by atoms with van der Waals surface area (Å²) < 4.78 is 6.17. The number of unbranched alkanes of at least 4 members (excludes halogenated alkanes) is 1. The molecule has 2 aromatic carbocycles. The van der Waals surface area contributed by atoms with E-state index in [2.05, 4.69) is 61.5 Å². The zero-order chi connectivity index (χ0) is 13.8. The topological polar surface area (TPSA) is 9.23 Å². The zero-order valence-corrected chi connectivity index (χ0v) is 12.1. The zero-order valence-electron chi connectivity index (χ0n) is 12.1. The van der Waals surface area contributed by atoms with E-state index < -0.39 is 0 Å². The van der Waals surface area contributed by atoms with Gasteiger partial charge in [-0.3, -0.25) is 0 Å². The number of hydrogen-bond donors (Lipinski definition) is 0. The second kappa shape index (κ2) is 6.23. The van der Waals surface area contributed by atoms with Gasteiger partial charge in [-0.2, -0.15) is 0 Å². The van der Waals surface area contributed by atoms with Crippen molar-refractivity contribution in [2.24, 2.45) is 0 Å². The lowest BCUT2D eigenvalue weighted by Crippen LogP contribution is -2.28. The molecule has 20 heavy (non-hydrogen) atoms. The minimum absolute atomic E-state index is 0.312. The molecule has 0 saturated heterocycles. The van der Waals surface area contributed by atoms with Crippen LogP contribution in [-0.2, 0) is 11.3 Å². The minimum Gasteiger partial charge on any atom is -0.373 e. The first-order valence-electron chi connectivity index (χ1n) is 7.64. The lowest BCUT2D eigenvalue weighted by atomic mass is 9.81. The van der Waals surface area contributed by atoms with Crippen LogP contribution in [0.5, 0.6) is 0 Å². The third kappa shape index (κ3) is 2.64. The monoisotopic (exact) mass is 266 g/mol. The van der Waals surface area contributed by atoms with Crippen molar-refractivity contribution in [3.63, 3.8) is 0 Å². The van der Waals surface area contributed by atoms with Gasteiger partial charge in [0, 0.05) is 5.92 Å². The van der Waals surface area contributed by atoms with Gasteiger partial charge in [-0.25, -0.2) is 0 Å².